The first kappa shape index (κ1) is 19.9. The highest BCUT2D eigenvalue weighted by atomic mass is 32.2. The highest BCUT2D eigenvalue weighted by molar-refractivity contribution is 7.92. The third-order valence-corrected chi connectivity index (χ3v) is 6.56. The van der Waals surface area contributed by atoms with Gasteiger partial charge in [-0.25, -0.2) is 8.42 Å². The molecule has 0 bridgehead atoms. The van der Waals surface area contributed by atoms with E-state index in [0.717, 1.165) is 16.7 Å². The van der Waals surface area contributed by atoms with Crippen LogP contribution in [0, 0.1) is 0 Å². The van der Waals surface area contributed by atoms with Crippen LogP contribution in [-0.4, -0.2) is 35.9 Å². The summed E-state index contributed by atoms with van der Waals surface area (Å²) in [7, 11) is -3.30. The summed E-state index contributed by atoms with van der Waals surface area (Å²) in [4.78, 5) is 12.4. The molecule has 0 saturated carbocycles. The van der Waals surface area contributed by atoms with Gasteiger partial charge in [0.1, 0.15) is 0 Å². The minimum atomic E-state index is -3.30. The van der Waals surface area contributed by atoms with Crippen molar-refractivity contribution in [2.24, 2.45) is 0 Å². The molecule has 148 valence electrons. The fraction of sp³-hybridized carbons (Fsp3) is 0.300. The number of hydrogen-bond donors (Lipinski definition) is 1. The summed E-state index contributed by atoms with van der Waals surface area (Å²) >= 11 is 0. The van der Waals surface area contributed by atoms with E-state index in [1.807, 2.05) is 12.3 Å². The van der Waals surface area contributed by atoms with Gasteiger partial charge >= 0.3 is 0 Å². The molecule has 0 saturated heterocycles. The number of hydrogen-bond acceptors (Lipinski definition) is 5. The molecule has 3 aromatic rings. The number of aromatic nitrogens is 2. The maximum atomic E-state index is 12.1. The van der Waals surface area contributed by atoms with Gasteiger partial charge < -0.3 is 9.73 Å². The maximum Gasteiger partial charge on any atom is 0.224 e. The van der Waals surface area contributed by atoms with Gasteiger partial charge in [0.05, 0.1) is 41.8 Å². The molecule has 0 aliphatic rings. The molecule has 0 spiro atoms. The van der Waals surface area contributed by atoms with E-state index in [1.165, 1.54) is 0 Å². The van der Waals surface area contributed by atoms with Crippen LogP contribution in [0.4, 0.5) is 0 Å². The molecule has 0 aliphatic heterocycles. The zero-order valence-corrected chi connectivity index (χ0v) is 16.6. The first-order valence-electron chi connectivity index (χ1n) is 9.01. The van der Waals surface area contributed by atoms with Gasteiger partial charge in [-0.05, 0) is 37.6 Å². The largest absolute Gasteiger partial charge is 0.472 e. The second kappa shape index (κ2) is 8.43. The van der Waals surface area contributed by atoms with Crippen molar-refractivity contribution in [2.75, 3.05) is 6.54 Å². The van der Waals surface area contributed by atoms with Gasteiger partial charge in [0, 0.05) is 23.9 Å². The number of nitrogens with one attached hydrogen (secondary N) is 1. The molecule has 0 fully saturated rings. The first-order chi connectivity index (χ1) is 13.4. The van der Waals surface area contributed by atoms with Crippen molar-refractivity contribution in [3.8, 4) is 11.1 Å². The number of benzene rings is 1. The van der Waals surface area contributed by atoms with Gasteiger partial charge in [0.2, 0.25) is 5.91 Å². The van der Waals surface area contributed by atoms with E-state index in [2.05, 4.69) is 10.4 Å². The summed E-state index contributed by atoms with van der Waals surface area (Å²) in [6.45, 7) is 4.29. The predicted molar refractivity (Wildman–Crippen MR) is 105 cm³/mol. The minimum absolute atomic E-state index is 0.123. The lowest BCUT2D eigenvalue weighted by molar-refractivity contribution is -0.120. The van der Waals surface area contributed by atoms with Gasteiger partial charge in [0.25, 0.3) is 0 Å². The van der Waals surface area contributed by atoms with Crippen LogP contribution in [-0.2, 0) is 27.6 Å². The highest BCUT2D eigenvalue weighted by Gasteiger charge is 2.18. The van der Waals surface area contributed by atoms with Crippen LogP contribution in [0.15, 0.2) is 64.6 Å². The monoisotopic (exact) mass is 401 g/mol. The van der Waals surface area contributed by atoms with Crippen LogP contribution >= 0.6 is 0 Å². The number of carbonyl (C=O) groups excluding carboxylic acids is 1. The Labute approximate surface area is 164 Å². The molecular weight excluding hydrogens is 378 g/mol. The summed E-state index contributed by atoms with van der Waals surface area (Å²) in [6.07, 6.45) is 7.10. The lowest BCUT2D eigenvalue weighted by Crippen LogP contribution is -2.28. The number of furan rings is 1. The fourth-order valence-electron chi connectivity index (χ4n) is 2.69. The van der Waals surface area contributed by atoms with Crippen molar-refractivity contribution in [1.29, 1.82) is 0 Å². The van der Waals surface area contributed by atoms with Crippen LogP contribution in [0.2, 0.25) is 0 Å². The van der Waals surface area contributed by atoms with E-state index in [-0.39, 0.29) is 17.2 Å². The lowest BCUT2D eigenvalue weighted by atomic mass is 10.1. The Kier molecular flexibility index (Phi) is 5.99. The molecular formula is C20H23N3O4S. The third kappa shape index (κ3) is 4.69. The smallest absolute Gasteiger partial charge is 0.224 e. The molecule has 3 rings (SSSR count). The first-order valence-corrected chi connectivity index (χ1v) is 10.6. The average molecular weight is 401 g/mol. The Balaban J connectivity index is 1.48. The average Bonchev–Trinajstić information content (AvgIpc) is 3.33. The molecule has 8 heteroatoms. The fourth-order valence-corrected chi connectivity index (χ4v) is 3.75. The standard InChI is InChI=1S/C20H23N3O4S/c1-15(2)28(25,26)19-5-3-16(4-6-19)11-20(24)21-8-9-23-13-18(12-22-23)17-7-10-27-14-17/h3-7,10,12-15H,8-9,11H2,1-2H3,(H,21,24). The Hall–Kier alpha value is -2.87. The molecule has 7 nitrogen and oxygen atoms in total. The Morgan fingerprint density at radius 2 is 1.93 bits per heavy atom. The highest BCUT2D eigenvalue weighted by Crippen LogP contribution is 2.18. The molecule has 1 N–H and O–H groups in total. The summed E-state index contributed by atoms with van der Waals surface area (Å²) in [6, 6.07) is 8.33. The number of sulfone groups is 1. The van der Waals surface area contributed by atoms with E-state index in [4.69, 9.17) is 4.42 Å². The molecule has 2 aromatic heterocycles. The molecule has 1 aromatic carbocycles. The third-order valence-electron chi connectivity index (χ3n) is 4.39. The zero-order valence-electron chi connectivity index (χ0n) is 15.8. The van der Waals surface area contributed by atoms with Crippen molar-refractivity contribution in [1.82, 2.24) is 15.1 Å². The molecule has 0 aliphatic carbocycles. The van der Waals surface area contributed by atoms with E-state index >= 15 is 0 Å². The van der Waals surface area contributed by atoms with Crippen molar-refractivity contribution in [3.05, 3.63) is 60.8 Å². The molecule has 0 radical (unpaired) electrons. The van der Waals surface area contributed by atoms with E-state index in [9.17, 15) is 13.2 Å². The van der Waals surface area contributed by atoms with Crippen molar-refractivity contribution in [2.45, 2.75) is 37.0 Å². The van der Waals surface area contributed by atoms with Crippen LogP contribution < -0.4 is 5.32 Å². The van der Waals surface area contributed by atoms with Gasteiger partial charge in [-0.2, -0.15) is 5.10 Å². The molecule has 1 amide bonds. The van der Waals surface area contributed by atoms with Crippen molar-refractivity contribution in [3.63, 3.8) is 0 Å². The second-order valence-electron chi connectivity index (χ2n) is 6.77. The Bertz CT molecular complexity index is 1020. The van der Waals surface area contributed by atoms with Crippen LogP contribution in [0.1, 0.15) is 19.4 Å². The molecule has 28 heavy (non-hydrogen) atoms. The number of amides is 1. The molecule has 0 atom stereocenters. The van der Waals surface area contributed by atoms with E-state index in [0.29, 0.717) is 13.1 Å². The SMILES string of the molecule is CC(C)S(=O)(=O)c1ccc(CC(=O)NCCn2cc(-c3ccoc3)cn2)cc1. The van der Waals surface area contributed by atoms with Crippen molar-refractivity contribution >= 4 is 15.7 Å². The molecule has 0 unspecified atom stereocenters. The normalized spacial score (nSPS) is 11.7. The number of nitrogens with zero attached hydrogens (tertiary/aromatic N) is 2. The quantitative estimate of drug-likeness (QED) is 0.626. The van der Waals surface area contributed by atoms with Gasteiger partial charge in [-0.1, -0.05) is 12.1 Å². The second-order valence-corrected chi connectivity index (χ2v) is 9.27. The summed E-state index contributed by atoms with van der Waals surface area (Å²) in [5.74, 6) is -0.123. The predicted octanol–water partition coefficient (Wildman–Crippen LogP) is 2.68. The van der Waals surface area contributed by atoms with Gasteiger partial charge in [0.15, 0.2) is 9.84 Å². The van der Waals surface area contributed by atoms with E-state index < -0.39 is 15.1 Å². The van der Waals surface area contributed by atoms with Crippen LogP contribution in [0.25, 0.3) is 11.1 Å². The summed E-state index contributed by atoms with van der Waals surface area (Å²) in [5, 5.41) is 6.64. The maximum absolute atomic E-state index is 12.1. The number of rotatable bonds is 8. The van der Waals surface area contributed by atoms with E-state index in [1.54, 1.807) is 61.5 Å². The Morgan fingerprint density at radius 1 is 1.18 bits per heavy atom. The Morgan fingerprint density at radius 3 is 2.57 bits per heavy atom. The summed E-state index contributed by atoms with van der Waals surface area (Å²) < 4.78 is 31.1. The van der Waals surface area contributed by atoms with Gasteiger partial charge in [-0.15, -0.1) is 0 Å². The van der Waals surface area contributed by atoms with Crippen LogP contribution in [0.3, 0.4) is 0 Å². The summed E-state index contributed by atoms with van der Waals surface area (Å²) in [5.41, 5.74) is 2.68. The van der Waals surface area contributed by atoms with Crippen molar-refractivity contribution < 1.29 is 17.6 Å². The topological polar surface area (TPSA) is 94.2 Å². The van der Waals surface area contributed by atoms with Gasteiger partial charge in [-0.3, -0.25) is 9.48 Å². The van der Waals surface area contributed by atoms with Crippen LogP contribution in [0.5, 0.6) is 0 Å². The minimum Gasteiger partial charge on any atom is -0.472 e. The molecule has 2 heterocycles. The zero-order chi connectivity index (χ0) is 20.1. The number of carbonyl (C=O) groups is 1. The lowest BCUT2D eigenvalue weighted by Gasteiger charge is -2.09.